The third kappa shape index (κ3) is 2.54. The van der Waals surface area contributed by atoms with E-state index in [1.807, 2.05) is 0 Å². The smallest absolute Gasteiger partial charge is 0.416 e. The first kappa shape index (κ1) is 16.9. The average molecular weight is 339 g/mol. The molecule has 21 heavy (non-hydrogen) atoms. The Kier molecular flexibility index (Phi) is 3.80. The topological polar surface area (TPSA) is 57.2 Å². The molecule has 2 bridgehead atoms. The van der Waals surface area contributed by atoms with E-state index in [1.165, 1.54) is 0 Å². The molecule has 0 aromatic carbocycles. The Morgan fingerprint density at radius 2 is 1.48 bits per heavy atom. The minimum atomic E-state index is -6.65. The highest BCUT2D eigenvalue weighted by Gasteiger charge is 2.76. The summed E-state index contributed by atoms with van der Waals surface area (Å²) in [6, 6.07) is 0. The lowest BCUT2D eigenvalue weighted by Gasteiger charge is -2.41. The van der Waals surface area contributed by atoms with Gasteiger partial charge in [0.05, 0.1) is 0 Å². The lowest BCUT2D eigenvalue weighted by molar-refractivity contribution is -0.273. The molecule has 3 nitrogen and oxygen atoms in total. The molecule has 3 atom stereocenters. The monoisotopic (exact) mass is 339 g/mol. The number of hydrogen-bond acceptors (Lipinski definition) is 3. The van der Waals surface area contributed by atoms with Gasteiger partial charge in [-0.25, -0.2) is 8.42 Å². The van der Waals surface area contributed by atoms with Crippen LogP contribution < -0.4 is 0 Å². The molecule has 2 rings (SSSR count). The van der Waals surface area contributed by atoms with Crippen LogP contribution in [-0.2, 0) is 10.1 Å². The SMILES string of the molecule is O=S(=O)([O-])C(CC1CC2CCC1C2)(C(F)(F)F)C(F)(F)F. The Morgan fingerprint density at radius 1 is 0.952 bits per heavy atom. The summed E-state index contributed by atoms with van der Waals surface area (Å²) < 4.78 is 105. The maximum atomic E-state index is 13.0. The van der Waals surface area contributed by atoms with Crippen molar-refractivity contribution < 1.29 is 39.3 Å². The Balaban J connectivity index is 2.45. The van der Waals surface area contributed by atoms with Gasteiger partial charge in [-0.3, -0.25) is 0 Å². The number of rotatable bonds is 3. The second-order valence-corrected chi connectivity index (χ2v) is 7.52. The number of alkyl halides is 6. The molecule has 0 N–H and O–H groups in total. The molecule has 0 aliphatic heterocycles. The van der Waals surface area contributed by atoms with Crippen LogP contribution >= 0.6 is 0 Å². The average Bonchev–Trinajstić information content (AvgIpc) is 2.81. The van der Waals surface area contributed by atoms with Gasteiger partial charge in [-0.15, -0.1) is 0 Å². The van der Waals surface area contributed by atoms with Crippen LogP contribution in [-0.4, -0.2) is 30.1 Å². The molecule has 2 aliphatic rings. The van der Waals surface area contributed by atoms with Gasteiger partial charge < -0.3 is 4.55 Å². The van der Waals surface area contributed by atoms with E-state index in [4.69, 9.17) is 0 Å². The van der Waals surface area contributed by atoms with Crippen molar-refractivity contribution in [1.29, 1.82) is 0 Å². The van der Waals surface area contributed by atoms with Crippen molar-refractivity contribution in [1.82, 2.24) is 0 Å². The summed E-state index contributed by atoms with van der Waals surface area (Å²) in [4.78, 5) is 0. The van der Waals surface area contributed by atoms with Crippen molar-refractivity contribution in [3.05, 3.63) is 0 Å². The first-order chi connectivity index (χ1) is 9.29. The number of halogens is 6. The molecule has 0 heterocycles. The third-order valence-electron chi connectivity index (χ3n) is 4.78. The lowest BCUT2D eigenvalue weighted by Crippen LogP contribution is -2.63. The van der Waals surface area contributed by atoms with E-state index >= 15 is 0 Å². The molecule has 0 amide bonds. The standard InChI is InChI=1S/C11H14F6O3S/c12-10(13,14)9(11(15,16)17,21(18,19)20)5-8-4-6-1-2-7(8)3-6/h6-8H,1-5H2,(H,18,19,20)/p-1. The summed E-state index contributed by atoms with van der Waals surface area (Å²) in [5, 5.41) is 0. The molecule has 0 aromatic heterocycles. The Hall–Kier alpha value is -0.510. The molecule has 0 saturated heterocycles. The van der Waals surface area contributed by atoms with Gasteiger partial charge in [0, 0.05) is 0 Å². The van der Waals surface area contributed by atoms with Gasteiger partial charge in [0.25, 0.3) is 0 Å². The van der Waals surface area contributed by atoms with E-state index in [9.17, 15) is 39.3 Å². The maximum absolute atomic E-state index is 13.0. The summed E-state index contributed by atoms with van der Waals surface area (Å²) in [6.45, 7) is 0. The quantitative estimate of drug-likeness (QED) is 0.586. The molecule has 0 spiro atoms. The molecular formula is C11H13F6O3S-. The highest BCUT2D eigenvalue weighted by Crippen LogP contribution is 2.57. The first-order valence-electron chi connectivity index (χ1n) is 6.38. The normalized spacial score (nSPS) is 30.9. The lowest BCUT2D eigenvalue weighted by atomic mass is 9.81. The van der Waals surface area contributed by atoms with Crippen LogP contribution in [0.5, 0.6) is 0 Å². The van der Waals surface area contributed by atoms with Crippen molar-refractivity contribution in [2.75, 3.05) is 0 Å². The predicted octanol–water partition coefficient (Wildman–Crippen LogP) is 3.22. The van der Waals surface area contributed by atoms with Crippen molar-refractivity contribution >= 4 is 10.1 Å². The van der Waals surface area contributed by atoms with Gasteiger partial charge in [-0.2, -0.15) is 26.3 Å². The Morgan fingerprint density at radius 3 is 1.76 bits per heavy atom. The zero-order chi connectivity index (χ0) is 16.3. The molecule has 0 radical (unpaired) electrons. The van der Waals surface area contributed by atoms with Crippen LogP contribution in [0.1, 0.15) is 32.1 Å². The fourth-order valence-electron chi connectivity index (χ4n) is 3.77. The van der Waals surface area contributed by atoms with Gasteiger partial charge in [0.1, 0.15) is 10.1 Å². The van der Waals surface area contributed by atoms with E-state index in [1.54, 1.807) is 0 Å². The minimum absolute atomic E-state index is 0.0357. The van der Waals surface area contributed by atoms with Crippen LogP contribution in [0.15, 0.2) is 0 Å². The van der Waals surface area contributed by atoms with Crippen LogP contribution in [0.25, 0.3) is 0 Å². The van der Waals surface area contributed by atoms with Crippen molar-refractivity contribution in [2.45, 2.75) is 49.2 Å². The van der Waals surface area contributed by atoms with Crippen molar-refractivity contribution in [3.8, 4) is 0 Å². The van der Waals surface area contributed by atoms with Crippen LogP contribution in [0, 0.1) is 17.8 Å². The molecule has 0 aromatic rings. The van der Waals surface area contributed by atoms with E-state index in [2.05, 4.69) is 0 Å². The largest absolute Gasteiger partial charge is 0.747 e. The Bertz CT molecular complexity index is 495. The van der Waals surface area contributed by atoms with Gasteiger partial charge in [-0.05, 0) is 43.4 Å². The summed E-state index contributed by atoms with van der Waals surface area (Å²) in [5.41, 5.74) is 0. The van der Waals surface area contributed by atoms with E-state index in [0.717, 1.165) is 6.42 Å². The maximum Gasteiger partial charge on any atom is 0.416 e. The predicted molar refractivity (Wildman–Crippen MR) is 58.1 cm³/mol. The van der Waals surface area contributed by atoms with Gasteiger partial charge in [0.2, 0.25) is 4.75 Å². The summed E-state index contributed by atoms with van der Waals surface area (Å²) in [7, 11) is -6.65. The van der Waals surface area contributed by atoms with Crippen LogP contribution in [0.4, 0.5) is 26.3 Å². The van der Waals surface area contributed by atoms with Crippen LogP contribution in [0.2, 0.25) is 0 Å². The summed E-state index contributed by atoms with van der Waals surface area (Å²) in [6.07, 6.45) is -12.2. The van der Waals surface area contributed by atoms with E-state index < -0.39 is 39.6 Å². The highest BCUT2D eigenvalue weighted by atomic mass is 32.2. The molecule has 2 fully saturated rings. The van der Waals surface area contributed by atoms with Gasteiger partial charge in [-0.1, -0.05) is 6.42 Å². The number of fused-ring (bicyclic) bond motifs is 2. The molecule has 2 aliphatic carbocycles. The van der Waals surface area contributed by atoms with Gasteiger partial charge >= 0.3 is 12.4 Å². The van der Waals surface area contributed by atoms with E-state index in [0.29, 0.717) is 12.8 Å². The third-order valence-corrected chi connectivity index (χ3v) is 6.26. The summed E-state index contributed by atoms with van der Waals surface area (Å²) in [5.74, 6) is -1.36. The molecule has 10 heteroatoms. The fourth-order valence-corrected chi connectivity index (χ4v) is 4.76. The first-order valence-corrected chi connectivity index (χ1v) is 7.79. The second-order valence-electron chi connectivity index (χ2n) is 5.92. The van der Waals surface area contributed by atoms with Crippen molar-refractivity contribution in [2.24, 2.45) is 17.8 Å². The van der Waals surface area contributed by atoms with Crippen molar-refractivity contribution in [3.63, 3.8) is 0 Å². The number of hydrogen-bond donors (Lipinski definition) is 0. The Labute approximate surface area is 117 Å². The fraction of sp³-hybridized carbons (Fsp3) is 1.00. The second kappa shape index (κ2) is 4.74. The van der Waals surface area contributed by atoms with Gasteiger partial charge in [0.15, 0.2) is 0 Å². The zero-order valence-electron chi connectivity index (χ0n) is 10.7. The zero-order valence-corrected chi connectivity index (χ0v) is 11.5. The summed E-state index contributed by atoms with van der Waals surface area (Å²) >= 11 is 0. The van der Waals surface area contributed by atoms with E-state index in [-0.39, 0.29) is 18.3 Å². The molecule has 2 saturated carbocycles. The minimum Gasteiger partial charge on any atom is -0.747 e. The van der Waals surface area contributed by atoms with Crippen LogP contribution in [0.3, 0.4) is 0 Å². The molecule has 3 unspecified atom stereocenters. The molecule has 124 valence electrons. The molecular weight excluding hydrogens is 326 g/mol. The highest BCUT2D eigenvalue weighted by molar-refractivity contribution is 7.87.